The summed E-state index contributed by atoms with van der Waals surface area (Å²) in [6.07, 6.45) is 1.33. The van der Waals surface area contributed by atoms with Gasteiger partial charge < -0.3 is 10.6 Å². The van der Waals surface area contributed by atoms with E-state index < -0.39 is 0 Å². The van der Waals surface area contributed by atoms with Gasteiger partial charge >= 0.3 is 0 Å². The number of carbonyl (C=O) groups excluding carboxylic acids is 1. The van der Waals surface area contributed by atoms with Gasteiger partial charge in [-0.05, 0) is 32.1 Å². The maximum Gasteiger partial charge on any atom is 0.225 e. The Balaban J connectivity index is 0.00000200. The number of amides is 1. The number of halogens is 1. The molecule has 2 rings (SSSR count). The summed E-state index contributed by atoms with van der Waals surface area (Å²) in [5.74, 6) is 1.92. The lowest BCUT2D eigenvalue weighted by atomic mass is 9.88. The molecule has 0 aromatic carbocycles. The molecule has 0 radical (unpaired) electrons. The van der Waals surface area contributed by atoms with E-state index in [1.165, 1.54) is 6.42 Å². The fraction of sp³-hybridized carbons (Fsp3) is 0.933. The van der Waals surface area contributed by atoms with E-state index in [1.807, 2.05) is 0 Å². The second-order valence-electron chi connectivity index (χ2n) is 7.24. The molecule has 20 heavy (non-hydrogen) atoms. The third-order valence-corrected chi connectivity index (χ3v) is 4.57. The van der Waals surface area contributed by atoms with Crippen LogP contribution < -0.4 is 10.6 Å². The van der Waals surface area contributed by atoms with Crippen LogP contribution in [0.4, 0.5) is 0 Å². The van der Waals surface area contributed by atoms with E-state index in [-0.39, 0.29) is 29.8 Å². The van der Waals surface area contributed by atoms with Crippen LogP contribution in [0.15, 0.2) is 0 Å². The van der Waals surface area contributed by atoms with E-state index in [9.17, 15) is 4.79 Å². The van der Waals surface area contributed by atoms with E-state index in [2.05, 4.69) is 43.2 Å². The highest BCUT2D eigenvalue weighted by Crippen LogP contribution is 2.26. The van der Waals surface area contributed by atoms with Crippen LogP contribution in [0.1, 0.15) is 34.1 Å². The zero-order valence-corrected chi connectivity index (χ0v) is 14.1. The number of nitrogens with zero attached hydrogens (tertiary/aromatic N) is 1. The van der Waals surface area contributed by atoms with Gasteiger partial charge in [0.25, 0.3) is 0 Å². The molecule has 0 aromatic heterocycles. The molecule has 2 unspecified atom stereocenters. The number of likely N-dealkylation sites (tertiary alicyclic amines) is 1. The number of hydrogen-bond donors (Lipinski definition) is 2. The highest BCUT2D eigenvalue weighted by molar-refractivity contribution is 5.85. The van der Waals surface area contributed by atoms with Crippen molar-refractivity contribution < 1.29 is 4.79 Å². The van der Waals surface area contributed by atoms with Gasteiger partial charge in [-0.25, -0.2) is 0 Å². The Bertz CT molecular complexity index is 321. The molecule has 0 saturated carbocycles. The van der Waals surface area contributed by atoms with Crippen LogP contribution in [0.25, 0.3) is 0 Å². The second kappa shape index (κ2) is 7.10. The maximum absolute atomic E-state index is 11.9. The molecule has 2 aliphatic heterocycles. The van der Waals surface area contributed by atoms with Crippen molar-refractivity contribution in [3.63, 3.8) is 0 Å². The van der Waals surface area contributed by atoms with E-state index >= 15 is 0 Å². The Morgan fingerprint density at radius 1 is 1.25 bits per heavy atom. The normalized spacial score (nSPS) is 28.4. The van der Waals surface area contributed by atoms with Gasteiger partial charge in [0, 0.05) is 38.3 Å². The zero-order valence-electron chi connectivity index (χ0n) is 13.2. The summed E-state index contributed by atoms with van der Waals surface area (Å²) in [6.45, 7) is 13.9. The summed E-state index contributed by atoms with van der Waals surface area (Å²) in [5, 5.41) is 6.27. The van der Waals surface area contributed by atoms with E-state index in [1.54, 1.807) is 0 Å². The standard InChI is InChI=1S/C15H29N3O.ClH/c1-11-5-12(2)9-18(8-11)15(3,4)10-17-14(19)13-6-16-7-13;/h11-13,16H,5-10H2,1-4H3,(H,17,19);1H. The van der Waals surface area contributed by atoms with Gasteiger partial charge in [0.05, 0.1) is 5.92 Å². The van der Waals surface area contributed by atoms with Gasteiger partial charge in [0.15, 0.2) is 0 Å². The molecule has 2 atom stereocenters. The molecular formula is C15H30ClN3O. The van der Waals surface area contributed by atoms with Crippen LogP contribution >= 0.6 is 12.4 Å². The molecule has 5 heteroatoms. The van der Waals surface area contributed by atoms with E-state index in [0.717, 1.165) is 44.6 Å². The molecule has 2 aliphatic rings. The Labute approximate surface area is 129 Å². The van der Waals surface area contributed by atoms with Crippen LogP contribution in [-0.4, -0.2) is 49.1 Å². The van der Waals surface area contributed by atoms with Gasteiger partial charge in [-0.15, -0.1) is 12.4 Å². The smallest absolute Gasteiger partial charge is 0.225 e. The third-order valence-electron chi connectivity index (χ3n) is 4.57. The van der Waals surface area contributed by atoms with Crippen LogP contribution in [0.2, 0.25) is 0 Å². The van der Waals surface area contributed by atoms with Crippen LogP contribution in [0, 0.1) is 17.8 Å². The number of carbonyl (C=O) groups is 1. The van der Waals surface area contributed by atoms with E-state index in [4.69, 9.17) is 0 Å². The van der Waals surface area contributed by atoms with Gasteiger partial charge in [-0.3, -0.25) is 9.69 Å². The van der Waals surface area contributed by atoms with Gasteiger partial charge in [0.2, 0.25) is 5.91 Å². The first-order valence-corrected chi connectivity index (χ1v) is 7.62. The average Bonchev–Trinajstić information content (AvgIpc) is 2.23. The Hall–Kier alpha value is -0.320. The summed E-state index contributed by atoms with van der Waals surface area (Å²) in [4.78, 5) is 14.5. The lowest BCUT2D eigenvalue weighted by Gasteiger charge is -2.45. The first kappa shape index (κ1) is 17.7. The summed E-state index contributed by atoms with van der Waals surface area (Å²) < 4.78 is 0. The van der Waals surface area contributed by atoms with Crippen molar-refractivity contribution in [2.24, 2.45) is 17.8 Å². The predicted molar refractivity (Wildman–Crippen MR) is 85.2 cm³/mol. The molecule has 2 heterocycles. The van der Waals surface area contributed by atoms with Crippen molar-refractivity contribution in [1.29, 1.82) is 0 Å². The van der Waals surface area contributed by atoms with E-state index in [0.29, 0.717) is 0 Å². The lowest BCUT2D eigenvalue weighted by molar-refractivity contribution is -0.127. The van der Waals surface area contributed by atoms with Crippen molar-refractivity contribution in [2.75, 3.05) is 32.7 Å². The minimum atomic E-state index is 0. The van der Waals surface area contributed by atoms with Crippen molar-refractivity contribution in [3.05, 3.63) is 0 Å². The van der Waals surface area contributed by atoms with Gasteiger partial charge in [0.1, 0.15) is 0 Å². The minimum absolute atomic E-state index is 0. The molecule has 1 amide bonds. The first-order valence-electron chi connectivity index (χ1n) is 7.62. The Morgan fingerprint density at radius 3 is 2.25 bits per heavy atom. The predicted octanol–water partition coefficient (Wildman–Crippen LogP) is 1.50. The largest absolute Gasteiger partial charge is 0.354 e. The van der Waals surface area contributed by atoms with Crippen molar-refractivity contribution >= 4 is 18.3 Å². The SMILES string of the molecule is CC1CC(C)CN(C(C)(C)CNC(=O)C2CNC2)C1.Cl. The molecule has 0 aromatic rings. The molecule has 2 saturated heterocycles. The molecule has 2 N–H and O–H groups in total. The molecule has 118 valence electrons. The van der Waals surface area contributed by atoms with Gasteiger partial charge in [-0.2, -0.15) is 0 Å². The number of piperidine rings is 1. The summed E-state index contributed by atoms with van der Waals surface area (Å²) in [6, 6.07) is 0. The topological polar surface area (TPSA) is 44.4 Å². The fourth-order valence-electron chi connectivity index (χ4n) is 3.19. The molecule has 4 nitrogen and oxygen atoms in total. The summed E-state index contributed by atoms with van der Waals surface area (Å²) >= 11 is 0. The monoisotopic (exact) mass is 303 g/mol. The van der Waals surface area contributed by atoms with Gasteiger partial charge in [-0.1, -0.05) is 13.8 Å². The third kappa shape index (κ3) is 4.34. The number of nitrogens with one attached hydrogen (secondary N) is 2. The number of rotatable bonds is 4. The quantitative estimate of drug-likeness (QED) is 0.827. The molecule has 2 fully saturated rings. The highest BCUT2D eigenvalue weighted by atomic mass is 35.5. The highest BCUT2D eigenvalue weighted by Gasteiger charge is 2.34. The van der Waals surface area contributed by atoms with Crippen molar-refractivity contribution in [3.8, 4) is 0 Å². The Morgan fingerprint density at radius 2 is 1.80 bits per heavy atom. The van der Waals surface area contributed by atoms with Crippen molar-refractivity contribution in [1.82, 2.24) is 15.5 Å². The van der Waals surface area contributed by atoms with Crippen LogP contribution in [0.3, 0.4) is 0 Å². The number of hydrogen-bond acceptors (Lipinski definition) is 3. The maximum atomic E-state index is 11.9. The minimum Gasteiger partial charge on any atom is -0.354 e. The average molecular weight is 304 g/mol. The molecule has 0 aliphatic carbocycles. The summed E-state index contributed by atoms with van der Waals surface area (Å²) in [5.41, 5.74) is 0.0514. The van der Waals surface area contributed by atoms with Crippen LogP contribution in [-0.2, 0) is 4.79 Å². The van der Waals surface area contributed by atoms with Crippen LogP contribution in [0.5, 0.6) is 0 Å². The second-order valence-corrected chi connectivity index (χ2v) is 7.24. The van der Waals surface area contributed by atoms with Crippen molar-refractivity contribution in [2.45, 2.75) is 39.7 Å². The molecular weight excluding hydrogens is 274 g/mol. The first-order chi connectivity index (χ1) is 8.88. The molecule has 0 bridgehead atoms. The fourth-order valence-corrected chi connectivity index (χ4v) is 3.19. The zero-order chi connectivity index (χ0) is 14.0. The lowest BCUT2D eigenvalue weighted by Crippen LogP contribution is -2.58. The molecule has 0 spiro atoms. The Kier molecular flexibility index (Phi) is 6.29. The summed E-state index contributed by atoms with van der Waals surface area (Å²) in [7, 11) is 0.